The minimum Gasteiger partial charge on any atom is -0.330 e. The third-order valence-electron chi connectivity index (χ3n) is 3.11. The maximum absolute atomic E-state index is 12.0. The van der Waals surface area contributed by atoms with Gasteiger partial charge in [0, 0.05) is 29.8 Å². The summed E-state index contributed by atoms with van der Waals surface area (Å²) in [6.07, 6.45) is 7.80. The van der Waals surface area contributed by atoms with Crippen molar-refractivity contribution < 1.29 is 4.79 Å². The number of nitrogens with zero attached hydrogens (tertiary/aromatic N) is 3. The van der Waals surface area contributed by atoms with E-state index in [0.717, 1.165) is 12.1 Å². The molecular weight excluding hydrogens is 226 g/mol. The van der Waals surface area contributed by atoms with Crippen molar-refractivity contribution in [3.8, 4) is 0 Å². The van der Waals surface area contributed by atoms with E-state index in [4.69, 9.17) is 0 Å². The molecule has 0 aliphatic carbocycles. The van der Waals surface area contributed by atoms with Crippen LogP contribution in [0.15, 0.2) is 37.1 Å². The molecular formula is C14H17N3O. The number of rotatable bonds is 5. The van der Waals surface area contributed by atoms with Gasteiger partial charge in [-0.25, -0.2) is 4.98 Å². The van der Waals surface area contributed by atoms with E-state index in [1.54, 1.807) is 29.5 Å². The van der Waals surface area contributed by atoms with Crippen LogP contribution in [0.1, 0.15) is 42.2 Å². The number of ketones is 1. The lowest BCUT2D eigenvalue weighted by Gasteiger charge is -2.08. The highest BCUT2D eigenvalue weighted by Gasteiger charge is 2.09. The molecule has 2 heterocycles. The summed E-state index contributed by atoms with van der Waals surface area (Å²) in [6, 6.07) is 3.79. The van der Waals surface area contributed by atoms with Crippen molar-refractivity contribution in [2.45, 2.75) is 32.7 Å². The van der Waals surface area contributed by atoms with Gasteiger partial charge in [-0.15, -0.1) is 0 Å². The number of aromatic nitrogens is 3. The molecule has 94 valence electrons. The van der Waals surface area contributed by atoms with Gasteiger partial charge in [-0.2, -0.15) is 0 Å². The van der Waals surface area contributed by atoms with E-state index in [-0.39, 0.29) is 5.78 Å². The molecule has 2 aromatic heterocycles. The summed E-state index contributed by atoms with van der Waals surface area (Å²) in [4.78, 5) is 20.2. The Morgan fingerprint density at radius 3 is 2.83 bits per heavy atom. The van der Waals surface area contributed by atoms with Crippen molar-refractivity contribution in [3.05, 3.63) is 48.3 Å². The number of hydrogen-bond acceptors (Lipinski definition) is 3. The summed E-state index contributed by atoms with van der Waals surface area (Å²) in [5.41, 5.74) is 1.69. The lowest BCUT2D eigenvalue weighted by molar-refractivity contribution is 0.0971. The molecule has 0 N–H and O–H groups in total. The SMILES string of the molecule is CCC(C)c1ccc(C(=O)Cn2ccnc2)cn1. The van der Waals surface area contributed by atoms with E-state index in [2.05, 4.69) is 23.8 Å². The van der Waals surface area contributed by atoms with Crippen LogP contribution in [-0.2, 0) is 6.54 Å². The van der Waals surface area contributed by atoms with Crippen molar-refractivity contribution in [2.75, 3.05) is 0 Å². The van der Waals surface area contributed by atoms with Gasteiger partial charge in [-0.3, -0.25) is 9.78 Å². The normalized spacial score (nSPS) is 12.3. The van der Waals surface area contributed by atoms with Crippen molar-refractivity contribution in [1.29, 1.82) is 0 Å². The second kappa shape index (κ2) is 5.58. The molecule has 0 spiro atoms. The minimum absolute atomic E-state index is 0.0520. The highest BCUT2D eigenvalue weighted by molar-refractivity contribution is 5.95. The molecule has 0 amide bonds. The van der Waals surface area contributed by atoms with Crippen LogP contribution in [-0.4, -0.2) is 20.3 Å². The average Bonchev–Trinajstić information content (AvgIpc) is 2.91. The predicted octanol–water partition coefficient (Wildman–Crippen LogP) is 2.67. The van der Waals surface area contributed by atoms with E-state index in [1.165, 1.54) is 0 Å². The summed E-state index contributed by atoms with van der Waals surface area (Å²) in [5.74, 6) is 0.485. The number of carbonyl (C=O) groups is 1. The molecule has 0 aliphatic rings. The van der Waals surface area contributed by atoms with Crippen molar-refractivity contribution in [1.82, 2.24) is 14.5 Å². The van der Waals surface area contributed by atoms with Gasteiger partial charge in [0.15, 0.2) is 5.78 Å². The van der Waals surface area contributed by atoms with Gasteiger partial charge in [-0.1, -0.05) is 13.8 Å². The van der Waals surface area contributed by atoms with E-state index in [9.17, 15) is 4.79 Å². The molecule has 1 unspecified atom stereocenters. The van der Waals surface area contributed by atoms with Crippen LogP contribution < -0.4 is 0 Å². The topological polar surface area (TPSA) is 47.8 Å². The van der Waals surface area contributed by atoms with E-state index in [1.807, 2.05) is 12.1 Å². The molecule has 0 fully saturated rings. The maximum Gasteiger partial charge on any atom is 0.184 e. The van der Waals surface area contributed by atoms with Gasteiger partial charge < -0.3 is 4.57 Å². The Kier molecular flexibility index (Phi) is 3.87. The number of Topliss-reactive ketones (excluding diaryl/α,β-unsaturated/α-hetero) is 1. The molecule has 18 heavy (non-hydrogen) atoms. The minimum atomic E-state index is 0.0520. The fraction of sp³-hybridized carbons (Fsp3) is 0.357. The summed E-state index contributed by atoms with van der Waals surface area (Å²) in [7, 11) is 0. The molecule has 0 radical (unpaired) electrons. The Balaban J connectivity index is 2.07. The fourth-order valence-electron chi connectivity index (χ4n) is 1.71. The zero-order valence-electron chi connectivity index (χ0n) is 10.7. The number of hydrogen-bond donors (Lipinski definition) is 0. The highest BCUT2D eigenvalue weighted by Crippen LogP contribution is 2.16. The van der Waals surface area contributed by atoms with Gasteiger partial charge in [0.25, 0.3) is 0 Å². The molecule has 0 bridgehead atoms. The Labute approximate surface area is 107 Å². The number of carbonyl (C=O) groups excluding carboxylic acids is 1. The Morgan fingerprint density at radius 1 is 1.44 bits per heavy atom. The van der Waals surface area contributed by atoms with Crippen molar-refractivity contribution >= 4 is 5.78 Å². The first-order chi connectivity index (χ1) is 8.70. The van der Waals surface area contributed by atoms with Gasteiger partial charge in [0.2, 0.25) is 0 Å². The van der Waals surface area contributed by atoms with E-state index in [0.29, 0.717) is 18.0 Å². The standard InChI is InChI=1S/C14H17N3O/c1-3-11(2)13-5-4-12(8-16-13)14(18)9-17-7-6-15-10-17/h4-8,10-11H,3,9H2,1-2H3. The third-order valence-corrected chi connectivity index (χ3v) is 3.11. The van der Waals surface area contributed by atoms with E-state index < -0.39 is 0 Å². The molecule has 0 aromatic carbocycles. The zero-order chi connectivity index (χ0) is 13.0. The van der Waals surface area contributed by atoms with Gasteiger partial charge in [0.05, 0.1) is 12.9 Å². The smallest absolute Gasteiger partial charge is 0.184 e. The van der Waals surface area contributed by atoms with Crippen LogP contribution in [0.25, 0.3) is 0 Å². The van der Waals surface area contributed by atoms with Crippen LogP contribution in [0.4, 0.5) is 0 Å². The first-order valence-electron chi connectivity index (χ1n) is 6.15. The molecule has 0 saturated heterocycles. The maximum atomic E-state index is 12.0. The monoisotopic (exact) mass is 243 g/mol. The number of imidazole rings is 1. The summed E-state index contributed by atoms with van der Waals surface area (Å²) < 4.78 is 1.75. The predicted molar refractivity (Wildman–Crippen MR) is 69.5 cm³/mol. The first kappa shape index (κ1) is 12.5. The largest absolute Gasteiger partial charge is 0.330 e. The lowest BCUT2D eigenvalue weighted by atomic mass is 10.0. The van der Waals surface area contributed by atoms with Crippen LogP contribution >= 0.6 is 0 Å². The van der Waals surface area contributed by atoms with Crippen LogP contribution in [0.2, 0.25) is 0 Å². The van der Waals surface area contributed by atoms with Gasteiger partial charge in [-0.05, 0) is 24.5 Å². The molecule has 0 aliphatic heterocycles. The van der Waals surface area contributed by atoms with Gasteiger partial charge in [0.1, 0.15) is 0 Å². The van der Waals surface area contributed by atoms with Crippen LogP contribution in [0, 0.1) is 0 Å². The second-order valence-electron chi connectivity index (χ2n) is 4.44. The Hall–Kier alpha value is -1.97. The quantitative estimate of drug-likeness (QED) is 0.758. The molecule has 4 nitrogen and oxygen atoms in total. The zero-order valence-corrected chi connectivity index (χ0v) is 10.7. The summed E-state index contributed by atoms with van der Waals surface area (Å²) in [6.45, 7) is 4.57. The Morgan fingerprint density at radius 2 is 2.28 bits per heavy atom. The second-order valence-corrected chi connectivity index (χ2v) is 4.44. The van der Waals surface area contributed by atoms with Crippen molar-refractivity contribution in [3.63, 3.8) is 0 Å². The van der Waals surface area contributed by atoms with E-state index >= 15 is 0 Å². The van der Waals surface area contributed by atoms with Crippen molar-refractivity contribution in [2.24, 2.45) is 0 Å². The summed E-state index contributed by atoms with van der Waals surface area (Å²) in [5, 5.41) is 0. The van der Waals surface area contributed by atoms with Crippen LogP contribution in [0.3, 0.4) is 0 Å². The van der Waals surface area contributed by atoms with Crippen LogP contribution in [0.5, 0.6) is 0 Å². The third kappa shape index (κ3) is 2.83. The average molecular weight is 243 g/mol. The summed E-state index contributed by atoms with van der Waals surface area (Å²) >= 11 is 0. The first-order valence-corrected chi connectivity index (χ1v) is 6.15. The fourth-order valence-corrected chi connectivity index (χ4v) is 1.71. The molecule has 2 rings (SSSR count). The highest BCUT2D eigenvalue weighted by atomic mass is 16.1. The molecule has 2 aromatic rings. The Bertz CT molecular complexity index is 502. The molecule has 1 atom stereocenters. The van der Waals surface area contributed by atoms with Gasteiger partial charge >= 0.3 is 0 Å². The number of pyridine rings is 1. The molecule has 0 saturated carbocycles. The molecule has 4 heteroatoms. The lowest BCUT2D eigenvalue weighted by Crippen LogP contribution is -2.09.